The van der Waals surface area contributed by atoms with E-state index < -0.39 is 0 Å². The third kappa shape index (κ3) is 2.79. The molecule has 3 heteroatoms. The first-order chi connectivity index (χ1) is 8.08. The minimum Gasteiger partial charge on any atom is -0.391 e. The van der Waals surface area contributed by atoms with Crippen LogP contribution in [-0.4, -0.2) is 24.3 Å². The third-order valence-corrected chi connectivity index (χ3v) is 3.70. The van der Waals surface area contributed by atoms with Crippen LogP contribution in [-0.2, 0) is 0 Å². The van der Waals surface area contributed by atoms with E-state index >= 15 is 0 Å². The summed E-state index contributed by atoms with van der Waals surface area (Å²) in [5.41, 5.74) is 8.16. The molecule has 0 bridgehead atoms. The quantitative estimate of drug-likeness (QED) is 0.822. The van der Waals surface area contributed by atoms with Gasteiger partial charge in [0, 0.05) is 24.8 Å². The smallest absolute Gasteiger partial charge is 0.0741 e. The fraction of sp³-hybridized carbons (Fsp3) is 0.571. The fourth-order valence-corrected chi connectivity index (χ4v) is 2.27. The van der Waals surface area contributed by atoms with Gasteiger partial charge < -0.3 is 15.7 Å². The second kappa shape index (κ2) is 5.07. The molecule has 0 radical (unpaired) electrons. The van der Waals surface area contributed by atoms with Crippen molar-refractivity contribution in [2.45, 2.75) is 32.4 Å². The van der Waals surface area contributed by atoms with Crippen LogP contribution in [0.2, 0.25) is 0 Å². The second-order valence-electron chi connectivity index (χ2n) is 5.16. The highest BCUT2D eigenvalue weighted by Crippen LogP contribution is 2.24. The molecule has 1 saturated heterocycles. The van der Waals surface area contributed by atoms with Crippen molar-refractivity contribution in [1.29, 1.82) is 0 Å². The Morgan fingerprint density at radius 1 is 1.35 bits per heavy atom. The van der Waals surface area contributed by atoms with E-state index in [-0.39, 0.29) is 12.1 Å². The lowest BCUT2D eigenvalue weighted by molar-refractivity contribution is 0.103. The number of anilines is 1. The van der Waals surface area contributed by atoms with E-state index in [2.05, 4.69) is 36.1 Å². The van der Waals surface area contributed by atoms with E-state index in [1.807, 2.05) is 6.92 Å². The lowest BCUT2D eigenvalue weighted by Gasteiger charge is -2.36. The topological polar surface area (TPSA) is 49.5 Å². The van der Waals surface area contributed by atoms with Gasteiger partial charge in [0.25, 0.3) is 0 Å². The number of aliphatic hydroxyl groups excluding tert-OH is 1. The van der Waals surface area contributed by atoms with Gasteiger partial charge in [-0.2, -0.15) is 0 Å². The maximum atomic E-state index is 9.89. The summed E-state index contributed by atoms with van der Waals surface area (Å²) in [5.74, 6) is 0.412. The highest BCUT2D eigenvalue weighted by Gasteiger charge is 2.24. The monoisotopic (exact) mass is 234 g/mol. The molecule has 17 heavy (non-hydrogen) atoms. The molecule has 3 atom stereocenters. The minimum absolute atomic E-state index is 0.0796. The van der Waals surface area contributed by atoms with Gasteiger partial charge in [0.15, 0.2) is 0 Å². The summed E-state index contributed by atoms with van der Waals surface area (Å²) in [4.78, 5) is 2.25. The molecule has 1 aliphatic rings. The van der Waals surface area contributed by atoms with Crippen LogP contribution in [0.4, 0.5) is 5.69 Å². The van der Waals surface area contributed by atoms with Crippen molar-refractivity contribution >= 4 is 5.69 Å². The van der Waals surface area contributed by atoms with E-state index in [0.29, 0.717) is 5.92 Å². The molecule has 2 unspecified atom stereocenters. The number of rotatable bonds is 2. The van der Waals surface area contributed by atoms with Crippen molar-refractivity contribution in [3.63, 3.8) is 0 Å². The van der Waals surface area contributed by atoms with Gasteiger partial charge in [-0.15, -0.1) is 0 Å². The Kier molecular flexibility index (Phi) is 3.69. The number of nitrogens with two attached hydrogens (primary N) is 1. The molecule has 0 aliphatic carbocycles. The van der Waals surface area contributed by atoms with Crippen LogP contribution in [0.25, 0.3) is 0 Å². The maximum Gasteiger partial charge on any atom is 0.0741 e. The molecule has 3 nitrogen and oxygen atoms in total. The summed E-state index contributed by atoms with van der Waals surface area (Å²) in [6, 6.07) is 8.42. The Morgan fingerprint density at radius 3 is 2.53 bits per heavy atom. The summed E-state index contributed by atoms with van der Waals surface area (Å²) < 4.78 is 0. The van der Waals surface area contributed by atoms with E-state index in [0.717, 1.165) is 25.1 Å². The van der Waals surface area contributed by atoms with Crippen molar-refractivity contribution < 1.29 is 5.11 Å². The Balaban J connectivity index is 2.07. The molecule has 1 aliphatic heterocycles. The molecule has 0 spiro atoms. The Morgan fingerprint density at radius 2 is 2.00 bits per heavy atom. The molecule has 1 heterocycles. The lowest BCUT2D eigenvalue weighted by Crippen LogP contribution is -2.42. The van der Waals surface area contributed by atoms with Crippen molar-refractivity contribution in [3.05, 3.63) is 29.8 Å². The van der Waals surface area contributed by atoms with Gasteiger partial charge in [0.1, 0.15) is 0 Å². The molecule has 0 saturated carbocycles. The Labute approximate surface area is 103 Å². The molecule has 1 aromatic carbocycles. The second-order valence-corrected chi connectivity index (χ2v) is 5.16. The molecule has 94 valence electrons. The van der Waals surface area contributed by atoms with E-state index in [4.69, 9.17) is 5.73 Å². The SMILES string of the molecule is CC1CCN(c2ccc([C@H](C)N)cc2)CC1O. The number of β-amino-alcohol motifs (C(OH)–C–C–N with tert-alkyl or cyclic N) is 1. The van der Waals surface area contributed by atoms with E-state index in [1.165, 1.54) is 5.69 Å². The van der Waals surface area contributed by atoms with Gasteiger partial charge in [0.2, 0.25) is 0 Å². The van der Waals surface area contributed by atoms with Crippen molar-refractivity contribution in [2.75, 3.05) is 18.0 Å². The Bertz CT molecular complexity index is 361. The predicted octanol–water partition coefficient (Wildman–Crippen LogP) is 1.91. The Hall–Kier alpha value is -1.06. The van der Waals surface area contributed by atoms with Crippen LogP contribution in [0, 0.1) is 5.92 Å². The zero-order chi connectivity index (χ0) is 12.4. The number of piperidine rings is 1. The first-order valence-corrected chi connectivity index (χ1v) is 6.36. The van der Waals surface area contributed by atoms with Crippen LogP contribution in [0.1, 0.15) is 31.9 Å². The minimum atomic E-state index is -0.211. The normalized spacial score (nSPS) is 26.9. The summed E-state index contributed by atoms with van der Waals surface area (Å²) in [6.45, 7) is 5.86. The molecular weight excluding hydrogens is 212 g/mol. The molecule has 1 aromatic rings. The summed E-state index contributed by atoms with van der Waals surface area (Å²) in [5, 5.41) is 9.89. The number of hydrogen-bond donors (Lipinski definition) is 2. The highest BCUT2D eigenvalue weighted by atomic mass is 16.3. The predicted molar refractivity (Wildman–Crippen MR) is 71.0 cm³/mol. The van der Waals surface area contributed by atoms with Gasteiger partial charge >= 0.3 is 0 Å². The van der Waals surface area contributed by atoms with Crippen molar-refractivity contribution in [1.82, 2.24) is 0 Å². The molecule has 3 N–H and O–H groups in total. The van der Waals surface area contributed by atoms with E-state index in [1.54, 1.807) is 0 Å². The number of aliphatic hydroxyl groups is 1. The average Bonchev–Trinajstić information content (AvgIpc) is 2.33. The largest absolute Gasteiger partial charge is 0.391 e. The van der Waals surface area contributed by atoms with Crippen LogP contribution >= 0.6 is 0 Å². The highest BCUT2D eigenvalue weighted by molar-refractivity contribution is 5.48. The third-order valence-electron chi connectivity index (χ3n) is 3.70. The van der Waals surface area contributed by atoms with Gasteiger partial charge in [0.05, 0.1) is 6.10 Å². The maximum absolute atomic E-state index is 9.89. The van der Waals surface area contributed by atoms with Gasteiger partial charge in [-0.25, -0.2) is 0 Å². The number of nitrogens with zero attached hydrogens (tertiary/aromatic N) is 1. The molecule has 2 rings (SSSR count). The molecular formula is C14H22N2O. The summed E-state index contributed by atoms with van der Waals surface area (Å²) in [7, 11) is 0. The zero-order valence-corrected chi connectivity index (χ0v) is 10.6. The first kappa shape index (κ1) is 12.4. The average molecular weight is 234 g/mol. The van der Waals surface area contributed by atoms with Gasteiger partial charge in [-0.05, 0) is 37.0 Å². The molecule has 1 fully saturated rings. The first-order valence-electron chi connectivity index (χ1n) is 6.36. The summed E-state index contributed by atoms with van der Waals surface area (Å²) in [6.07, 6.45) is 0.841. The number of benzene rings is 1. The van der Waals surface area contributed by atoms with Crippen LogP contribution < -0.4 is 10.6 Å². The van der Waals surface area contributed by atoms with Crippen molar-refractivity contribution in [3.8, 4) is 0 Å². The molecule has 0 aromatic heterocycles. The van der Waals surface area contributed by atoms with Gasteiger partial charge in [-0.1, -0.05) is 19.1 Å². The lowest BCUT2D eigenvalue weighted by atomic mass is 9.95. The fourth-order valence-electron chi connectivity index (χ4n) is 2.27. The van der Waals surface area contributed by atoms with Crippen LogP contribution in [0.3, 0.4) is 0 Å². The van der Waals surface area contributed by atoms with Crippen LogP contribution in [0.15, 0.2) is 24.3 Å². The van der Waals surface area contributed by atoms with Crippen molar-refractivity contribution in [2.24, 2.45) is 11.7 Å². The number of hydrogen-bond acceptors (Lipinski definition) is 3. The van der Waals surface area contributed by atoms with Gasteiger partial charge in [-0.3, -0.25) is 0 Å². The summed E-state index contributed by atoms with van der Waals surface area (Å²) >= 11 is 0. The zero-order valence-electron chi connectivity index (χ0n) is 10.6. The van der Waals surface area contributed by atoms with E-state index in [9.17, 15) is 5.11 Å². The molecule has 0 amide bonds. The standard InChI is InChI=1S/C14H22N2O/c1-10-7-8-16(9-14(10)17)13-5-3-12(4-6-13)11(2)15/h3-6,10-11,14,17H,7-9,15H2,1-2H3/t10?,11-,14?/m0/s1. The van der Waals surface area contributed by atoms with Crippen LogP contribution in [0.5, 0.6) is 0 Å².